The summed E-state index contributed by atoms with van der Waals surface area (Å²) in [5.41, 5.74) is 6.20. The Morgan fingerprint density at radius 1 is 1.62 bits per heavy atom. The lowest BCUT2D eigenvalue weighted by molar-refractivity contribution is 0.0607. The van der Waals surface area contributed by atoms with Crippen LogP contribution in [-0.2, 0) is 0 Å². The lowest BCUT2D eigenvalue weighted by Crippen LogP contribution is -2.57. The lowest BCUT2D eigenvalue weighted by Gasteiger charge is -2.36. The van der Waals surface area contributed by atoms with Gasteiger partial charge < -0.3 is 15.4 Å². The molecule has 1 fully saturated rings. The molecule has 5 nitrogen and oxygen atoms in total. The highest BCUT2D eigenvalue weighted by Gasteiger charge is 2.28. The first-order valence-electron chi connectivity index (χ1n) is 5.34. The molecule has 0 unspecified atom stereocenters. The number of ether oxygens (including phenoxy) is 1. The Morgan fingerprint density at radius 2 is 2.38 bits per heavy atom. The molecule has 2 heterocycles. The Kier molecular flexibility index (Phi) is 3.05. The average molecular weight is 221 g/mol. The standard InChI is InChI=1S/C11H15N3O2/c1-2-16-10-4-3-8(5-13-10)11(15)14-6-9(12)7-14/h3-5,9H,2,6-7,12H2,1H3. The Hall–Kier alpha value is -1.62. The molecule has 1 amide bonds. The van der Waals surface area contributed by atoms with Crippen molar-refractivity contribution in [3.8, 4) is 5.88 Å². The van der Waals surface area contributed by atoms with Crippen LogP contribution >= 0.6 is 0 Å². The number of likely N-dealkylation sites (tertiary alicyclic amines) is 1. The van der Waals surface area contributed by atoms with Crippen molar-refractivity contribution in [2.75, 3.05) is 19.7 Å². The van der Waals surface area contributed by atoms with Gasteiger partial charge in [0.25, 0.3) is 5.91 Å². The summed E-state index contributed by atoms with van der Waals surface area (Å²) in [5, 5.41) is 0. The molecule has 0 atom stereocenters. The van der Waals surface area contributed by atoms with Gasteiger partial charge in [-0.2, -0.15) is 0 Å². The molecule has 0 spiro atoms. The van der Waals surface area contributed by atoms with Gasteiger partial charge in [-0.25, -0.2) is 4.98 Å². The van der Waals surface area contributed by atoms with Gasteiger partial charge in [-0.1, -0.05) is 0 Å². The average Bonchev–Trinajstić information content (AvgIpc) is 2.25. The third-order valence-electron chi connectivity index (χ3n) is 2.47. The molecule has 1 aliphatic heterocycles. The molecule has 5 heteroatoms. The van der Waals surface area contributed by atoms with Gasteiger partial charge in [-0.3, -0.25) is 4.79 Å². The summed E-state index contributed by atoms with van der Waals surface area (Å²) in [6, 6.07) is 3.56. The summed E-state index contributed by atoms with van der Waals surface area (Å²) in [6.45, 7) is 3.72. The molecule has 1 aromatic rings. The number of amides is 1. The van der Waals surface area contributed by atoms with E-state index in [1.165, 1.54) is 6.20 Å². The van der Waals surface area contributed by atoms with Gasteiger partial charge in [0.2, 0.25) is 5.88 Å². The molecule has 0 bridgehead atoms. The van der Waals surface area contributed by atoms with Crippen LogP contribution in [0.4, 0.5) is 0 Å². The van der Waals surface area contributed by atoms with Crippen LogP contribution in [-0.4, -0.2) is 41.5 Å². The van der Waals surface area contributed by atoms with E-state index in [1.54, 1.807) is 17.0 Å². The molecular formula is C11H15N3O2. The van der Waals surface area contributed by atoms with Crippen LogP contribution in [0.2, 0.25) is 0 Å². The summed E-state index contributed by atoms with van der Waals surface area (Å²) in [7, 11) is 0. The summed E-state index contributed by atoms with van der Waals surface area (Å²) in [6.07, 6.45) is 1.54. The second kappa shape index (κ2) is 4.49. The van der Waals surface area contributed by atoms with E-state index in [2.05, 4.69) is 4.98 Å². The molecule has 2 N–H and O–H groups in total. The highest BCUT2D eigenvalue weighted by Crippen LogP contribution is 2.13. The maximum Gasteiger partial charge on any atom is 0.255 e. The zero-order chi connectivity index (χ0) is 11.5. The van der Waals surface area contributed by atoms with Crippen LogP contribution in [0.5, 0.6) is 5.88 Å². The highest BCUT2D eigenvalue weighted by atomic mass is 16.5. The first-order chi connectivity index (χ1) is 7.70. The van der Waals surface area contributed by atoms with E-state index in [0.717, 1.165) is 0 Å². The number of pyridine rings is 1. The summed E-state index contributed by atoms with van der Waals surface area (Å²) in [5.74, 6) is 0.525. The van der Waals surface area contributed by atoms with E-state index < -0.39 is 0 Å². The monoisotopic (exact) mass is 221 g/mol. The minimum Gasteiger partial charge on any atom is -0.478 e. The summed E-state index contributed by atoms with van der Waals surface area (Å²) >= 11 is 0. The van der Waals surface area contributed by atoms with E-state index in [9.17, 15) is 4.79 Å². The molecule has 16 heavy (non-hydrogen) atoms. The number of aromatic nitrogens is 1. The molecule has 1 aromatic heterocycles. The lowest BCUT2D eigenvalue weighted by atomic mass is 10.1. The van der Waals surface area contributed by atoms with Gasteiger partial charge in [0.1, 0.15) is 0 Å². The second-order valence-electron chi connectivity index (χ2n) is 3.79. The van der Waals surface area contributed by atoms with E-state index in [0.29, 0.717) is 31.1 Å². The van der Waals surface area contributed by atoms with Crippen LogP contribution in [0.15, 0.2) is 18.3 Å². The van der Waals surface area contributed by atoms with Crippen molar-refractivity contribution < 1.29 is 9.53 Å². The molecule has 0 aliphatic carbocycles. The van der Waals surface area contributed by atoms with Crippen molar-refractivity contribution in [3.63, 3.8) is 0 Å². The first kappa shape index (κ1) is 10.9. The quantitative estimate of drug-likeness (QED) is 0.795. The summed E-state index contributed by atoms with van der Waals surface area (Å²) < 4.78 is 5.20. The largest absolute Gasteiger partial charge is 0.478 e. The van der Waals surface area contributed by atoms with Gasteiger partial charge in [0.05, 0.1) is 12.2 Å². The second-order valence-corrected chi connectivity index (χ2v) is 3.79. The molecule has 0 saturated carbocycles. The zero-order valence-corrected chi connectivity index (χ0v) is 9.22. The molecular weight excluding hydrogens is 206 g/mol. The molecule has 1 saturated heterocycles. The number of rotatable bonds is 3. The highest BCUT2D eigenvalue weighted by molar-refractivity contribution is 5.94. The number of carbonyl (C=O) groups is 1. The smallest absolute Gasteiger partial charge is 0.255 e. The maximum atomic E-state index is 11.8. The Bertz CT molecular complexity index is 371. The van der Waals surface area contributed by atoms with Gasteiger partial charge in [-0.05, 0) is 13.0 Å². The maximum absolute atomic E-state index is 11.8. The number of nitrogens with two attached hydrogens (primary N) is 1. The molecule has 0 aromatic carbocycles. The van der Waals surface area contributed by atoms with Crippen molar-refractivity contribution in [1.29, 1.82) is 0 Å². The minimum atomic E-state index is -0.0164. The Morgan fingerprint density at radius 3 is 2.88 bits per heavy atom. The molecule has 1 aliphatic rings. The topological polar surface area (TPSA) is 68.5 Å². The van der Waals surface area contributed by atoms with Crippen molar-refractivity contribution in [2.24, 2.45) is 5.73 Å². The van der Waals surface area contributed by atoms with Gasteiger partial charge in [-0.15, -0.1) is 0 Å². The van der Waals surface area contributed by atoms with Crippen LogP contribution in [0.3, 0.4) is 0 Å². The van der Waals surface area contributed by atoms with Crippen LogP contribution in [0, 0.1) is 0 Å². The van der Waals surface area contributed by atoms with Crippen molar-refractivity contribution in [3.05, 3.63) is 23.9 Å². The molecule has 86 valence electrons. The Balaban J connectivity index is 2.01. The number of carbonyl (C=O) groups excluding carboxylic acids is 1. The van der Waals surface area contributed by atoms with Crippen molar-refractivity contribution in [2.45, 2.75) is 13.0 Å². The van der Waals surface area contributed by atoms with E-state index in [-0.39, 0.29) is 11.9 Å². The SMILES string of the molecule is CCOc1ccc(C(=O)N2CC(N)C2)cn1. The van der Waals surface area contributed by atoms with E-state index in [4.69, 9.17) is 10.5 Å². The van der Waals surface area contributed by atoms with Crippen molar-refractivity contribution in [1.82, 2.24) is 9.88 Å². The Labute approximate surface area is 94.2 Å². The van der Waals surface area contributed by atoms with Crippen LogP contribution < -0.4 is 10.5 Å². The number of hydrogen-bond donors (Lipinski definition) is 1. The third-order valence-corrected chi connectivity index (χ3v) is 2.47. The normalized spacial score (nSPS) is 15.8. The van der Waals surface area contributed by atoms with Crippen molar-refractivity contribution >= 4 is 5.91 Å². The van der Waals surface area contributed by atoms with Crippen LogP contribution in [0.1, 0.15) is 17.3 Å². The molecule has 0 radical (unpaired) electrons. The predicted octanol–water partition coefficient (Wildman–Crippen LogP) is 0.263. The predicted molar refractivity (Wildman–Crippen MR) is 59.3 cm³/mol. The fourth-order valence-electron chi connectivity index (χ4n) is 1.60. The fourth-order valence-corrected chi connectivity index (χ4v) is 1.60. The molecule has 2 rings (SSSR count). The van der Waals surface area contributed by atoms with E-state index >= 15 is 0 Å². The van der Waals surface area contributed by atoms with Gasteiger partial charge >= 0.3 is 0 Å². The third kappa shape index (κ3) is 2.14. The zero-order valence-electron chi connectivity index (χ0n) is 9.22. The summed E-state index contributed by atoms with van der Waals surface area (Å²) in [4.78, 5) is 17.6. The first-order valence-corrected chi connectivity index (χ1v) is 5.34. The number of nitrogens with zero attached hydrogens (tertiary/aromatic N) is 2. The van der Waals surface area contributed by atoms with E-state index in [1.807, 2.05) is 6.92 Å². The van der Waals surface area contributed by atoms with Gasteiger partial charge in [0.15, 0.2) is 0 Å². The van der Waals surface area contributed by atoms with Crippen LogP contribution in [0.25, 0.3) is 0 Å². The fraction of sp³-hybridized carbons (Fsp3) is 0.455. The number of hydrogen-bond acceptors (Lipinski definition) is 4. The van der Waals surface area contributed by atoms with Gasteiger partial charge in [0, 0.05) is 31.4 Å². The minimum absolute atomic E-state index is 0.0164.